The first-order valence-corrected chi connectivity index (χ1v) is 6.08. The van der Waals surface area contributed by atoms with Gasteiger partial charge in [0, 0.05) is 39.3 Å². The topological polar surface area (TPSA) is 33.1 Å². The molecule has 0 amide bonds. The number of hydrogen-bond acceptors (Lipinski definition) is 3. The van der Waals surface area contributed by atoms with Gasteiger partial charge in [0.1, 0.15) is 0 Å². The van der Waals surface area contributed by atoms with Gasteiger partial charge in [-0.25, -0.2) is 0 Å². The van der Waals surface area contributed by atoms with E-state index in [0.29, 0.717) is 6.04 Å². The minimum Gasteiger partial charge on any atom is -0.312 e. The molecule has 0 spiro atoms. The smallest absolute Gasteiger partial charge is 0.0663 e. The predicted molar refractivity (Wildman–Crippen MR) is 63.6 cm³/mol. The van der Waals surface area contributed by atoms with Crippen LogP contribution in [0.5, 0.6) is 0 Å². The summed E-state index contributed by atoms with van der Waals surface area (Å²) in [6.07, 6.45) is 1.86. The van der Waals surface area contributed by atoms with E-state index in [9.17, 15) is 0 Å². The molecule has 1 aromatic heterocycles. The Labute approximate surface area is 98.8 Å². The van der Waals surface area contributed by atoms with Crippen LogP contribution in [0.15, 0.2) is 10.7 Å². The van der Waals surface area contributed by atoms with Gasteiger partial charge in [-0.3, -0.25) is 9.58 Å². The first-order valence-electron chi connectivity index (χ1n) is 5.29. The van der Waals surface area contributed by atoms with Crippen molar-refractivity contribution in [3.63, 3.8) is 0 Å². The molecule has 4 nitrogen and oxygen atoms in total. The lowest BCUT2D eigenvalue weighted by Crippen LogP contribution is -2.48. The molecule has 2 rings (SSSR count). The molecular formula is C10H17BrN4. The van der Waals surface area contributed by atoms with Gasteiger partial charge in [0.25, 0.3) is 0 Å². The third kappa shape index (κ3) is 2.59. The molecule has 5 heteroatoms. The van der Waals surface area contributed by atoms with Crippen LogP contribution in [0.25, 0.3) is 0 Å². The largest absolute Gasteiger partial charge is 0.312 e. The van der Waals surface area contributed by atoms with Gasteiger partial charge in [-0.05, 0) is 22.9 Å². The lowest BCUT2D eigenvalue weighted by molar-refractivity contribution is 0.195. The van der Waals surface area contributed by atoms with Crippen LogP contribution in [0.3, 0.4) is 0 Å². The van der Waals surface area contributed by atoms with Gasteiger partial charge >= 0.3 is 0 Å². The fourth-order valence-corrected chi connectivity index (χ4v) is 2.46. The van der Waals surface area contributed by atoms with E-state index in [2.05, 4.69) is 38.2 Å². The average Bonchev–Trinajstić information content (AvgIpc) is 2.50. The van der Waals surface area contributed by atoms with E-state index in [1.807, 2.05) is 17.9 Å². The molecule has 0 aliphatic carbocycles. The molecule has 0 radical (unpaired) electrons. The molecule has 0 bridgehead atoms. The van der Waals surface area contributed by atoms with Crippen LogP contribution in [0.1, 0.15) is 12.6 Å². The van der Waals surface area contributed by atoms with Crippen molar-refractivity contribution >= 4 is 15.9 Å². The summed E-state index contributed by atoms with van der Waals surface area (Å²) < 4.78 is 3.05. The molecule has 15 heavy (non-hydrogen) atoms. The van der Waals surface area contributed by atoms with E-state index >= 15 is 0 Å². The van der Waals surface area contributed by atoms with Crippen LogP contribution in [0.2, 0.25) is 0 Å². The van der Waals surface area contributed by atoms with Gasteiger partial charge in [-0.1, -0.05) is 0 Å². The molecule has 2 heterocycles. The molecule has 1 fully saturated rings. The van der Waals surface area contributed by atoms with Crippen molar-refractivity contribution in [2.24, 2.45) is 7.05 Å². The molecule has 0 unspecified atom stereocenters. The Morgan fingerprint density at radius 1 is 1.67 bits per heavy atom. The molecule has 1 aliphatic heterocycles. The van der Waals surface area contributed by atoms with Crippen molar-refractivity contribution in [3.05, 3.63) is 16.4 Å². The monoisotopic (exact) mass is 272 g/mol. The fraction of sp³-hybridized carbons (Fsp3) is 0.700. The van der Waals surface area contributed by atoms with E-state index in [0.717, 1.165) is 30.7 Å². The third-order valence-electron chi connectivity index (χ3n) is 2.84. The van der Waals surface area contributed by atoms with E-state index < -0.39 is 0 Å². The van der Waals surface area contributed by atoms with Gasteiger partial charge < -0.3 is 5.32 Å². The van der Waals surface area contributed by atoms with Crippen molar-refractivity contribution < 1.29 is 0 Å². The zero-order valence-corrected chi connectivity index (χ0v) is 10.8. The van der Waals surface area contributed by atoms with Gasteiger partial charge in [0.2, 0.25) is 0 Å². The summed E-state index contributed by atoms with van der Waals surface area (Å²) in [4.78, 5) is 2.46. The standard InChI is InChI=1S/C10H17BrN4/c1-8-6-15(4-3-12-8)7-10-9(11)5-13-14(10)2/h5,8,12H,3-4,6-7H2,1-2H3/t8-/m0/s1. The summed E-state index contributed by atoms with van der Waals surface area (Å²) in [7, 11) is 1.99. The highest BCUT2D eigenvalue weighted by Gasteiger charge is 2.17. The SMILES string of the molecule is C[C@H]1CN(Cc2c(Br)cnn2C)CCN1. The van der Waals surface area contributed by atoms with Crippen LogP contribution in [-0.4, -0.2) is 40.4 Å². The molecule has 0 saturated carbocycles. The molecule has 1 N–H and O–H groups in total. The van der Waals surface area contributed by atoms with Gasteiger partial charge in [-0.15, -0.1) is 0 Å². The highest BCUT2D eigenvalue weighted by molar-refractivity contribution is 9.10. The quantitative estimate of drug-likeness (QED) is 0.872. The summed E-state index contributed by atoms with van der Waals surface area (Å²) in [5.74, 6) is 0. The number of aromatic nitrogens is 2. The van der Waals surface area contributed by atoms with E-state index in [-0.39, 0.29) is 0 Å². The minimum absolute atomic E-state index is 0.589. The number of nitrogens with zero attached hydrogens (tertiary/aromatic N) is 3. The van der Waals surface area contributed by atoms with E-state index in [1.54, 1.807) is 0 Å². The maximum absolute atomic E-state index is 4.23. The summed E-state index contributed by atoms with van der Waals surface area (Å²) in [6.45, 7) is 6.50. The molecule has 84 valence electrons. The van der Waals surface area contributed by atoms with Crippen molar-refractivity contribution in [1.29, 1.82) is 0 Å². The Kier molecular flexibility index (Phi) is 3.43. The normalized spacial score (nSPS) is 23.3. The number of hydrogen-bond donors (Lipinski definition) is 1. The zero-order valence-electron chi connectivity index (χ0n) is 9.20. The Balaban J connectivity index is 2.02. The molecular weight excluding hydrogens is 256 g/mol. The second-order valence-corrected chi connectivity index (χ2v) is 5.01. The maximum atomic E-state index is 4.23. The first-order chi connectivity index (χ1) is 7.16. The summed E-state index contributed by atoms with van der Waals surface area (Å²) >= 11 is 3.53. The van der Waals surface area contributed by atoms with Crippen LogP contribution in [0.4, 0.5) is 0 Å². The average molecular weight is 273 g/mol. The van der Waals surface area contributed by atoms with Crippen LogP contribution in [0, 0.1) is 0 Å². The highest BCUT2D eigenvalue weighted by atomic mass is 79.9. The molecule has 1 atom stereocenters. The van der Waals surface area contributed by atoms with E-state index in [4.69, 9.17) is 0 Å². The number of halogens is 1. The first kappa shape index (κ1) is 11.1. The number of nitrogens with one attached hydrogen (secondary N) is 1. The number of piperazine rings is 1. The highest BCUT2D eigenvalue weighted by Crippen LogP contribution is 2.17. The summed E-state index contributed by atoms with van der Waals surface area (Å²) in [5, 5.41) is 7.67. The Bertz CT molecular complexity index is 317. The predicted octanol–water partition coefficient (Wildman–Crippen LogP) is 0.976. The third-order valence-corrected chi connectivity index (χ3v) is 3.50. The fourth-order valence-electron chi connectivity index (χ4n) is 1.98. The van der Waals surface area contributed by atoms with Crippen molar-refractivity contribution in [3.8, 4) is 0 Å². The second-order valence-electron chi connectivity index (χ2n) is 4.15. The minimum atomic E-state index is 0.589. The summed E-state index contributed by atoms with van der Waals surface area (Å²) in [6, 6.07) is 0.589. The molecule has 1 aromatic rings. The lowest BCUT2D eigenvalue weighted by Gasteiger charge is -2.31. The van der Waals surface area contributed by atoms with Crippen molar-refractivity contribution in [1.82, 2.24) is 20.0 Å². The Morgan fingerprint density at radius 3 is 3.07 bits per heavy atom. The van der Waals surface area contributed by atoms with Gasteiger partial charge in [0.15, 0.2) is 0 Å². The maximum Gasteiger partial charge on any atom is 0.0663 e. The molecule has 1 saturated heterocycles. The summed E-state index contributed by atoms with van der Waals surface area (Å²) in [5.41, 5.74) is 1.25. The van der Waals surface area contributed by atoms with Gasteiger partial charge in [-0.2, -0.15) is 5.10 Å². The molecule has 1 aliphatic rings. The number of aryl methyl sites for hydroxylation is 1. The van der Waals surface area contributed by atoms with Crippen LogP contribution in [-0.2, 0) is 13.6 Å². The van der Waals surface area contributed by atoms with E-state index in [1.165, 1.54) is 5.69 Å². The van der Waals surface area contributed by atoms with Crippen molar-refractivity contribution in [2.75, 3.05) is 19.6 Å². The lowest BCUT2D eigenvalue weighted by atomic mass is 10.2. The van der Waals surface area contributed by atoms with Gasteiger partial charge in [0.05, 0.1) is 16.4 Å². The second kappa shape index (κ2) is 4.63. The van der Waals surface area contributed by atoms with Crippen LogP contribution >= 0.6 is 15.9 Å². The Morgan fingerprint density at radius 2 is 2.47 bits per heavy atom. The molecule has 0 aromatic carbocycles. The van der Waals surface area contributed by atoms with Crippen LogP contribution < -0.4 is 5.32 Å². The Hall–Kier alpha value is -0.390. The number of rotatable bonds is 2. The van der Waals surface area contributed by atoms with Crippen molar-refractivity contribution in [2.45, 2.75) is 19.5 Å². The zero-order chi connectivity index (χ0) is 10.8.